The number of aryl methyl sites for hydroxylation is 1. The summed E-state index contributed by atoms with van der Waals surface area (Å²) in [5.41, 5.74) is 1.07. The van der Waals surface area contributed by atoms with Crippen molar-refractivity contribution in [3.05, 3.63) is 33.8 Å². The molecule has 2 N–H and O–H groups in total. The Labute approximate surface area is 154 Å². The topological polar surface area (TPSA) is 56.7 Å². The summed E-state index contributed by atoms with van der Waals surface area (Å²) in [6.07, 6.45) is 2.17. The minimum atomic E-state index is 0.0933. The number of hydrogen-bond donors (Lipinski definition) is 2. The van der Waals surface area contributed by atoms with E-state index in [0.29, 0.717) is 29.6 Å². The summed E-state index contributed by atoms with van der Waals surface area (Å²) in [6, 6.07) is 5.55. The molecule has 1 rings (SSSR count). The Kier molecular flexibility index (Phi) is 9.57. The van der Waals surface area contributed by atoms with Gasteiger partial charge < -0.3 is 15.5 Å². The Morgan fingerprint density at radius 2 is 2.00 bits per heavy atom. The third-order valence-electron chi connectivity index (χ3n) is 3.36. The zero-order valence-corrected chi connectivity index (χ0v) is 16.0. The number of guanidine groups is 1. The number of aliphatic imine (C=N–C) groups is 1. The first-order valence-corrected chi connectivity index (χ1v) is 8.86. The van der Waals surface area contributed by atoms with Gasteiger partial charge in [0.15, 0.2) is 5.96 Å². The first-order valence-electron chi connectivity index (χ1n) is 8.10. The Balaban J connectivity index is 2.40. The smallest absolute Gasteiger partial charge is 0.223 e. The van der Waals surface area contributed by atoms with Crippen molar-refractivity contribution < 1.29 is 4.79 Å². The van der Waals surface area contributed by atoms with Crippen LogP contribution in [0.25, 0.3) is 0 Å². The molecule has 1 amide bonds. The van der Waals surface area contributed by atoms with Gasteiger partial charge in [-0.05, 0) is 37.5 Å². The Hall–Kier alpha value is -1.46. The van der Waals surface area contributed by atoms with Crippen LogP contribution in [0, 0.1) is 0 Å². The molecule has 0 spiro atoms. The van der Waals surface area contributed by atoms with Gasteiger partial charge in [0.2, 0.25) is 5.91 Å². The molecule has 0 heterocycles. The standard InChI is InChI=1S/C17H26Cl2N4O/c1-4-20-17(22-11-9-16(24)23(2)3)21-10-5-6-13-7-8-14(18)12-15(13)19/h7-8,12H,4-6,9-11H2,1-3H3,(H2,20,21,22). The van der Waals surface area contributed by atoms with Crippen LogP contribution in [0.5, 0.6) is 0 Å². The highest BCUT2D eigenvalue weighted by Gasteiger charge is 2.04. The summed E-state index contributed by atoms with van der Waals surface area (Å²) in [4.78, 5) is 17.7. The predicted molar refractivity (Wildman–Crippen MR) is 102 cm³/mol. The van der Waals surface area contributed by atoms with E-state index < -0.39 is 0 Å². The quantitative estimate of drug-likeness (QED) is 0.419. The van der Waals surface area contributed by atoms with Crippen LogP contribution >= 0.6 is 23.2 Å². The van der Waals surface area contributed by atoms with Gasteiger partial charge >= 0.3 is 0 Å². The maximum absolute atomic E-state index is 11.6. The molecule has 5 nitrogen and oxygen atoms in total. The molecule has 134 valence electrons. The van der Waals surface area contributed by atoms with Gasteiger partial charge in [-0.3, -0.25) is 9.79 Å². The number of carbonyl (C=O) groups excluding carboxylic acids is 1. The average molecular weight is 373 g/mol. The Bertz CT molecular complexity index is 562. The van der Waals surface area contributed by atoms with Crippen molar-refractivity contribution in [2.75, 3.05) is 33.7 Å². The minimum absolute atomic E-state index is 0.0933. The molecule has 1 aromatic carbocycles. The molecule has 0 unspecified atom stereocenters. The number of halogens is 2. The lowest BCUT2D eigenvalue weighted by atomic mass is 10.1. The van der Waals surface area contributed by atoms with Gasteiger partial charge in [-0.2, -0.15) is 0 Å². The van der Waals surface area contributed by atoms with Crippen LogP contribution in [-0.2, 0) is 11.2 Å². The molecule has 1 aromatic rings. The molecule has 0 fully saturated rings. The Morgan fingerprint density at radius 3 is 2.62 bits per heavy atom. The number of hydrogen-bond acceptors (Lipinski definition) is 2. The molecule has 7 heteroatoms. The average Bonchev–Trinajstić information content (AvgIpc) is 2.52. The number of carbonyl (C=O) groups is 1. The van der Waals surface area contributed by atoms with Gasteiger partial charge in [0.25, 0.3) is 0 Å². The molecule has 0 saturated carbocycles. The molecule has 24 heavy (non-hydrogen) atoms. The van der Waals surface area contributed by atoms with E-state index in [4.69, 9.17) is 23.2 Å². The van der Waals surface area contributed by atoms with E-state index in [1.165, 1.54) is 0 Å². The van der Waals surface area contributed by atoms with Crippen LogP contribution in [0.1, 0.15) is 25.3 Å². The summed E-state index contributed by atoms with van der Waals surface area (Å²) in [7, 11) is 3.51. The van der Waals surface area contributed by atoms with Gasteiger partial charge in [-0.25, -0.2) is 0 Å². The first-order chi connectivity index (χ1) is 11.4. The molecular weight excluding hydrogens is 347 g/mol. The zero-order chi connectivity index (χ0) is 17.9. The second-order valence-electron chi connectivity index (χ2n) is 5.56. The molecule has 0 aliphatic heterocycles. The highest BCUT2D eigenvalue weighted by Crippen LogP contribution is 2.21. The highest BCUT2D eigenvalue weighted by molar-refractivity contribution is 6.35. The van der Waals surface area contributed by atoms with Crippen LogP contribution in [-0.4, -0.2) is 50.5 Å². The van der Waals surface area contributed by atoms with Crippen LogP contribution in [0.2, 0.25) is 10.0 Å². The van der Waals surface area contributed by atoms with E-state index in [0.717, 1.165) is 30.9 Å². The van der Waals surface area contributed by atoms with Gasteiger partial charge in [0, 0.05) is 50.2 Å². The van der Waals surface area contributed by atoms with Gasteiger partial charge in [0.05, 0.1) is 0 Å². The third kappa shape index (κ3) is 7.88. The fourth-order valence-corrected chi connectivity index (χ4v) is 2.54. The second kappa shape index (κ2) is 11.2. The van der Waals surface area contributed by atoms with Crippen LogP contribution in [0.15, 0.2) is 23.2 Å². The maximum atomic E-state index is 11.6. The number of benzene rings is 1. The van der Waals surface area contributed by atoms with E-state index in [9.17, 15) is 4.79 Å². The van der Waals surface area contributed by atoms with Crippen molar-refractivity contribution in [3.8, 4) is 0 Å². The highest BCUT2D eigenvalue weighted by atomic mass is 35.5. The molecule has 0 saturated heterocycles. The first kappa shape index (κ1) is 20.6. The predicted octanol–water partition coefficient (Wildman–Crippen LogP) is 2.96. The van der Waals surface area contributed by atoms with E-state index >= 15 is 0 Å². The number of amides is 1. The van der Waals surface area contributed by atoms with E-state index in [1.807, 2.05) is 19.1 Å². The van der Waals surface area contributed by atoms with Crippen LogP contribution in [0.4, 0.5) is 0 Å². The summed E-state index contributed by atoms with van der Waals surface area (Å²) < 4.78 is 0. The third-order valence-corrected chi connectivity index (χ3v) is 3.95. The molecule has 0 aliphatic carbocycles. The molecular formula is C17H26Cl2N4O. The van der Waals surface area contributed by atoms with Crippen LogP contribution < -0.4 is 10.6 Å². The van der Waals surface area contributed by atoms with Gasteiger partial charge in [0.1, 0.15) is 0 Å². The molecule has 0 atom stereocenters. The maximum Gasteiger partial charge on any atom is 0.223 e. The van der Waals surface area contributed by atoms with Crippen molar-refractivity contribution in [2.45, 2.75) is 26.2 Å². The summed E-state index contributed by atoms with van der Waals surface area (Å²) in [5, 5.41) is 7.68. The van der Waals surface area contributed by atoms with Gasteiger partial charge in [-0.1, -0.05) is 29.3 Å². The number of nitrogens with one attached hydrogen (secondary N) is 2. The zero-order valence-electron chi connectivity index (χ0n) is 14.5. The van der Waals surface area contributed by atoms with Crippen molar-refractivity contribution in [3.63, 3.8) is 0 Å². The van der Waals surface area contributed by atoms with Crippen molar-refractivity contribution >= 4 is 35.1 Å². The monoisotopic (exact) mass is 372 g/mol. The SMILES string of the molecule is CCNC(=NCCCc1ccc(Cl)cc1Cl)NCCC(=O)N(C)C. The number of rotatable bonds is 8. The normalized spacial score (nSPS) is 11.3. The fraction of sp³-hybridized carbons (Fsp3) is 0.529. The molecule has 0 aliphatic rings. The van der Waals surface area contributed by atoms with E-state index in [2.05, 4.69) is 15.6 Å². The van der Waals surface area contributed by atoms with Crippen molar-refractivity contribution in [2.24, 2.45) is 4.99 Å². The Morgan fingerprint density at radius 1 is 1.25 bits per heavy atom. The second-order valence-corrected chi connectivity index (χ2v) is 6.41. The summed E-state index contributed by atoms with van der Waals surface area (Å²) >= 11 is 12.1. The van der Waals surface area contributed by atoms with E-state index in [-0.39, 0.29) is 5.91 Å². The van der Waals surface area contributed by atoms with Gasteiger partial charge in [-0.15, -0.1) is 0 Å². The fourth-order valence-electron chi connectivity index (χ4n) is 2.04. The lowest BCUT2D eigenvalue weighted by Crippen LogP contribution is -2.39. The lowest BCUT2D eigenvalue weighted by Gasteiger charge is -2.13. The summed E-state index contributed by atoms with van der Waals surface area (Å²) in [6.45, 7) is 4.02. The van der Waals surface area contributed by atoms with Crippen molar-refractivity contribution in [1.29, 1.82) is 0 Å². The molecule has 0 radical (unpaired) electrons. The van der Waals surface area contributed by atoms with Crippen molar-refractivity contribution in [1.82, 2.24) is 15.5 Å². The van der Waals surface area contributed by atoms with E-state index in [1.54, 1.807) is 25.1 Å². The molecule has 0 aromatic heterocycles. The largest absolute Gasteiger partial charge is 0.357 e. The lowest BCUT2D eigenvalue weighted by molar-refractivity contribution is -0.128. The minimum Gasteiger partial charge on any atom is -0.357 e. The van der Waals surface area contributed by atoms with Crippen LogP contribution in [0.3, 0.4) is 0 Å². The summed E-state index contributed by atoms with van der Waals surface area (Å²) in [5.74, 6) is 0.821. The molecule has 0 bridgehead atoms. The number of nitrogens with zero attached hydrogens (tertiary/aromatic N) is 2.